The number of nitrogens with one attached hydrogen (secondary N) is 2. The Kier molecular flexibility index (Phi) is 6.61. The smallest absolute Gasteiger partial charge is 0.307 e. The molecule has 0 aliphatic heterocycles. The Morgan fingerprint density at radius 2 is 1.76 bits per heavy atom. The molecule has 1 heterocycles. The third-order valence-corrected chi connectivity index (χ3v) is 5.44. The predicted octanol–water partition coefficient (Wildman–Crippen LogP) is 3.49. The normalized spacial score (nSPS) is 10.6. The molecule has 0 unspecified atom stereocenters. The zero-order chi connectivity index (χ0) is 20.8. The van der Waals surface area contributed by atoms with Crippen molar-refractivity contribution in [1.82, 2.24) is 9.88 Å². The summed E-state index contributed by atoms with van der Waals surface area (Å²) in [5.41, 5.74) is 3.85. The first-order chi connectivity index (χ1) is 13.9. The van der Waals surface area contributed by atoms with Gasteiger partial charge in [-0.3, -0.25) is 14.4 Å². The number of para-hydroxylation sites is 1. The summed E-state index contributed by atoms with van der Waals surface area (Å²) < 4.78 is 1.57. The molecular formula is C22H23N3O3S. The van der Waals surface area contributed by atoms with E-state index in [1.54, 1.807) is 34.2 Å². The second-order valence-corrected chi connectivity index (χ2v) is 7.63. The van der Waals surface area contributed by atoms with Crippen LogP contribution in [0.5, 0.6) is 0 Å². The maximum atomic E-state index is 12.6. The second-order valence-electron chi connectivity index (χ2n) is 6.81. The first-order valence-corrected chi connectivity index (χ1v) is 10.2. The molecule has 2 N–H and O–H groups in total. The van der Waals surface area contributed by atoms with Crippen LogP contribution in [0.4, 0.5) is 5.69 Å². The number of thiazole rings is 1. The van der Waals surface area contributed by atoms with Crippen molar-refractivity contribution in [2.75, 3.05) is 5.32 Å². The van der Waals surface area contributed by atoms with Crippen LogP contribution < -0.4 is 15.5 Å². The average Bonchev–Trinajstić information content (AvgIpc) is 3.03. The zero-order valence-electron chi connectivity index (χ0n) is 16.4. The fourth-order valence-electron chi connectivity index (χ4n) is 2.87. The highest BCUT2D eigenvalue weighted by Gasteiger charge is 2.13. The minimum absolute atomic E-state index is 0.0776. The lowest BCUT2D eigenvalue weighted by atomic mass is 10.1. The summed E-state index contributed by atoms with van der Waals surface area (Å²) in [5.74, 6) is -0.507. The number of amides is 2. The van der Waals surface area contributed by atoms with Crippen LogP contribution in [0.1, 0.15) is 33.6 Å². The van der Waals surface area contributed by atoms with Gasteiger partial charge in [-0.1, -0.05) is 53.3 Å². The van der Waals surface area contributed by atoms with Gasteiger partial charge in [0.2, 0.25) is 5.91 Å². The van der Waals surface area contributed by atoms with E-state index in [1.807, 2.05) is 38.1 Å². The van der Waals surface area contributed by atoms with Gasteiger partial charge in [0.1, 0.15) is 0 Å². The van der Waals surface area contributed by atoms with Crippen LogP contribution in [0.25, 0.3) is 0 Å². The van der Waals surface area contributed by atoms with Crippen LogP contribution in [-0.2, 0) is 17.9 Å². The number of benzene rings is 2. The number of hydrogen-bond acceptors (Lipinski definition) is 4. The number of rotatable bonds is 7. The molecule has 29 heavy (non-hydrogen) atoms. The van der Waals surface area contributed by atoms with Crippen molar-refractivity contribution in [2.45, 2.75) is 33.4 Å². The van der Waals surface area contributed by atoms with E-state index in [0.717, 1.165) is 28.2 Å². The van der Waals surface area contributed by atoms with Gasteiger partial charge in [-0.05, 0) is 31.5 Å². The standard InChI is InChI=1S/C22H23N3O3S/c1-15-7-9-17(10-8-15)13-23-21(27)18-5-3-4-6-19(18)24-20(26)11-12-25-16(2)14-29-22(25)28/h3-10,14H,11-13H2,1-2H3,(H,23,27)(H,24,26). The molecule has 0 aliphatic carbocycles. The van der Waals surface area contributed by atoms with Gasteiger partial charge in [-0.25, -0.2) is 0 Å². The summed E-state index contributed by atoms with van der Waals surface area (Å²) >= 11 is 1.12. The maximum Gasteiger partial charge on any atom is 0.307 e. The molecule has 0 atom stereocenters. The van der Waals surface area contributed by atoms with Crippen LogP contribution >= 0.6 is 11.3 Å². The number of carbonyl (C=O) groups is 2. The van der Waals surface area contributed by atoms with Crippen LogP contribution in [0.3, 0.4) is 0 Å². The van der Waals surface area contributed by atoms with Crippen molar-refractivity contribution in [3.8, 4) is 0 Å². The molecule has 0 radical (unpaired) electrons. The Balaban J connectivity index is 1.61. The quantitative estimate of drug-likeness (QED) is 0.627. The van der Waals surface area contributed by atoms with E-state index in [4.69, 9.17) is 0 Å². The van der Waals surface area contributed by atoms with Gasteiger partial charge >= 0.3 is 4.87 Å². The van der Waals surface area contributed by atoms with E-state index in [9.17, 15) is 14.4 Å². The van der Waals surface area contributed by atoms with E-state index < -0.39 is 0 Å². The highest BCUT2D eigenvalue weighted by atomic mass is 32.1. The molecule has 1 aromatic heterocycles. The summed E-state index contributed by atoms with van der Waals surface area (Å²) in [5, 5.41) is 7.44. The van der Waals surface area contributed by atoms with Crippen molar-refractivity contribution in [2.24, 2.45) is 0 Å². The molecule has 150 valence electrons. The second kappa shape index (κ2) is 9.34. The topological polar surface area (TPSA) is 80.2 Å². The summed E-state index contributed by atoms with van der Waals surface area (Å²) in [4.78, 5) is 36.7. The van der Waals surface area contributed by atoms with E-state index in [0.29, 0.717) is 24.3 Å². The largest absolute Gasteiger partial charge is 0.348 e. The Hall–Kier alpha value is -3.19. The molecule has 0 bridgehead atoms. The molecule has 0 spiro atoms. The molecule has 0 fully saturated rings. The number of nitrogens with zero attached hydrogens (tertiary/aromatic N) is 1. The minimum Gasteiger partial charge on any atom is -0.348 e. The molecule has 3 rings (SSSR count). The summed E-state index contributed by atoms with van der Waals surface area (Å²) in [6.45, 7) is 4.56. The van der Waals surface area contributed by atoms with Crippen LogP contribution in [-0.4, -0.2) is 16.4 Å². The maximum absolute atomic E-state index is 12.6. The fraction of sp³-hybridized carbons (Fsp3) is 0.227. The molecule has 0 saturated heterocycles. The number of carbonyl (C=O) groups excluding carboxylic acids is 2. The first-order valence-electron chi connectivity index (χ1n) is 9.31. The van der Waals surface area contributed by atoms with Crippen molar-refractivity contribution in [3.05, 3.63) is 86.0 Å². The van der Waals surface area contributed by atoms with Crippen molar-refractivity contribution in [1.29, 1.82) is 0 Å². The highest BCUT2D eigenvalue weighted by Crippen LogP contribution is 2.16. The van der Waals surface area contributed by atoms with Gasteiger partial charge in [0, 0.05) is 30.6 Å². The monoisotopic (exact) mass is 409 g/mol. The van der Waals surface area contributed by atoms with E-state index in [-0.39, 0.29) is 23.1 Å². The summed E-state index contributed by atoms with van der Waals surface area (Å²) in [6, 6.07) is 14.8. The molecule has 7 heteroatoms. The average molecular weight is 410 g/mol. The highest BCUT2D eigenvalue weighted by molar-refractivity contribution is 7.07. The van der Waals surface area contributed by atoms with Crippen LogP contribution in [0, 0.1) is 13.8 Å². The van der Waals surface area contributed by atoms with Crippen molar-refractivity contribution < 1.29 is 9.59 Å². The van der Waals surface area contributed by atoms with Gasteiger partial charge in [-0.2, -0.15) is 0 Å². The lowest BCUT2D eigenvalue weighted by molar-refractivity contribution is -0.116. The Morgan fingerprint density at radius 3 is 2.45 bits per heavy atom. The zero-order valence-corrected chi connectivity index (χ0v) is 17.2. The van der Waals surface area contributed by atoms with Gasteiger partial charge in [0.15, 0.2) is 0 Å². The van der Waals surface area contributed by atoms with Gasteiger partial charge in [-0.15, -0.1) is 0 Å². The van der Waals surface area contributed by atoms with Crippen molar-refractivity contribution >= 4 is 28.8 Å². The molecule has 0 saturated carbocycles. The number of anilines is 1. The number of hydrogen-bond donors (Lipinski definition) is 2. The van der Waals surface area contributed by atoms with E-state index >= 15 is 0 Å². The van der Waals surface area contributed by atoms with Crippen LogP contribution in [0.2, 0.25) is 0 Å². The molecule has 3 aromatic rings. The first kappa shape index (κ1) is 20.5. The molecular weight excluding hydrogens is 386 g/mol. The Labute approximate surface area is 173 Å². The lowest BCUT2D eigenvalue weighted by Crippen LogP contribution is -2.25. The summed E-state index contributed by atoms with van der Waals surface area (Å²) in [6.07, 6.45) is 0.150. The van der Waals surface area contributed by atoms with Gasteiger partial charge < -0.3 is 15.2 Å². The van der Waals surface area contributed by atoms with Gasteiger partial charge in [0.25, 0.3) is 5.91 Å². The summed E-state index contributed by atoms with van der Waals surface area (Å²) in [7, 11) is 0. The SMILES string of the molecule is Cc1ccc(CNC(=O)c2ccccc2NC(=O)CCn2c(C)csc2=O)cc1. The van der Waals surface area contributed by atoms with Crippen molar-refractivity contribution in [3.63, 3.8) is 0 Å². The molecule has 2 aromatic carbocycles. The molecule has 6 nitrogen and oxygen atoms in total. The van der Waals surface area contributed by atoms with Crippen LogP contribution in [0.15, 0.2) is 58.7 Å². The molecule has 0 aliphatic rings. The predicted molar refractivity (Wildman–Crippen MR) is 115 cm³/mol. The third-order valence-electron chi connectivity index (χ3n) is 4.56. The third kappa shape index (κ3) is 5.42. The lowest BCUT2D eigenvalue weighted by Gasteiger charge is -2.12. The Bertz CT molecular complexity index is 1070. The number of aromatic nitrogens is 1. The van der Waals surface area contributed by atoms with Gasteiger partial charge in [0.05, 0.1) is 11.3 Å². The van der Waals surface area contributed by atoms with E-state index in [2.05, 4.69) is 10.6 Å². The number of aryl methyl sites for hydroxylation is 2. The molecule has 2 amide bonds. The Morgan fingerprint density at radius 1 is 1.03 bits per heavy atom. The van der Waals surface area contributed by atoms with E-state index in [1.165, 1.54) is 0 Å². The fourth-order valence-corrected chi connectivity index (χ4v) is 3.64. The minimum atomic E-state index is -0.258.